The number of carboxylic acids is 3. The van der Waals surface area contributed by atoms with Crippen molar-refractivity contribution in [3.63, 3.8) is 0 Å². The summed E-state index contributed by atoms with van der Waals surface area (Å²) in [6.45, 7) is 6.26. The molecule has 3 rings (SSSR count). The van der Waals surface area contributed by atoms with Crippen molar-refractivity contribution in [3.05, 3.63) is 0 Å². The zero-order valence-corrected chi connectivity index (χ0v) is 18.5. The molecule has 0 radical (unpaired) electrons. The standard InChI is InChI=1S/3C7H12O2.Al/c3*1-5-2-3-6(4-5)7(8)9;/h3*5-6H,2-4H2,1H3,(H,8,9);/q;;;+3/p-3. The van der Waals surface area contributed by atoms with E-state index in [0.717, 1.165) is 57.8 Å². The van der Waals surface area contributed by atoms with Gasteiger partial charge in [0.1, 0.15) is 0 Å². The number of carboxylic acid groups (broad SMARTS) is 3. The van der Waals surface area contributed by atoms with Crippen LogP contribution in [0.1, 0.15) is 78.6 Å². The first-order chi connectivity index (χ1) is 12.6. The van der Waals surface area contributed by atoms with E-state index in [9.17, 15) is 29.7 Å². The van der Waals surface area contributed by atoms with Gasteiger partial charge in [-0.3, -0.25) is 0 Å². The van der Waals surface area contributed by atoms with Crippen LogP contribution < -0.4 is 15.3 Å². The molecular formula is C21H33AlO6. The Morgan fingerprint density at radius 1 is 0.536 bits per heavy atom. The molecule has 0 bridgehead atoms. The van der Waals surface area contributed by atoms with Gasteiger partial charge >= 0.3 is 17.4 Å². The third-order valence-corrected chi connectivity index (χ3v) is 6.08. The topological polar surface area (TPSA) is 120 Å². The predicted octanol–water partition coefficient (Wildman–Crippen LogP) is 0.137. The summed E-state index contributed by atoms with van der Waals surface area (Å²) in [6.07, 6.45) is 8.10. The van der Waals surface area contributed by atoms with Gasteiger partial charge in [0.05, 0.1) is 0 Å². The van der Waals surface area contributed by atoms with E-state index in [4.69, 9.17) is 0 Å². The van der Waals surface area contributed by atoms with Crippen LogP contribution in [-0.4, -0.2) is 35.3 Å². The van der Waals surface area contributed by atoms with Crippen LogP contribution in [0.3, 0.4) is 0 Å². The van der Waals surface area contributed by atoms with Gasteiger partial charge in [-0.2, -0.15) is 0 Å². The third kappa shape index (κ3) is 9.93. The third-order valence-electron chi connectivity index (χ3n) is 6.08. The zero-order chi connectivity index (χ0) is 20.6. The number of hydrogen-bond donors (Lipinski definition) is 0. The SMILES string of the molecule is CC1CCC(C(=O)[O-])C1.CC1CCC(C(=O)[O-])C1.CC1CCC(C(=O)[O-])C1.[Al+3]. The van der Waals surface area contributed by atoms with Crippen molar-refractivity contribution >= 4 is 35.3 Å². The van der Waals surface area contributed by atoms with Gasteiger partial charge in [0.15, 0.2) is 0 Å². The van der Waals surface area contributed by atoms with Crippen LogP contribution >= 0.6 is 0 Å². The second-order valence-corrected chi connectivity index (χ2v) is 8.80. The van der Waals surface area contributed by atoms with Crippen LogP contribution in [0.4, 0.5) is 0 Å². The minimum atomic E-state index is -0.862. The zero-order valence-electron chi connectivity index (χ0n) is 17.4. The van der Waals surface area contributed by atoms with Crippen molar-refractivity contribution in [2.75, 3.05) is 0 Å². The summed E-state index contributed by atoms with van der Waals surface area (Å²) in [5.41, 5.74) is 0. The van der Waals surface area contributed by atoms with Crippen molar-refractivity contribution in [2.24, 2.45) is 35.5 Å². The second-order valence-electron chi connectivity index (χ2n) is 8.80. The van der Waals surface area contributed by atoms with E-state index in [1.165, 1.54) is 0 Å². The van der Waals surface area contributed by atoms with E-state index in [1.54, 1.807) is 0 Å². The minimum Gasteiger partial charge on any atom is -0.550 e. The Balaban J connectivity index is 0.000000384. The summed E-state index contributed by atoms with van der Waals surface area (Å²) < 4.78 is 0. The smallest absolute Gasteiger partial charge is 0.550 e. The molecule has 0 spiro atoms. The molecule has 6 nitrogen and oxygen atoms in total. The van der Waals surface area contributed by atoms with E-state index >= 15 is 0 Å². The Morgan fingerprint density at radius 3 is 0.821 bits per heavy atom. The molecule has 0 aromatic rings. The number of carbonyl (C=O) groups is 3. The maximum atomic E-state index is 10.2. The van der Waals surface area contributed by atoms with Crippen LogP contribution in [0.5, 0.6) is 0 Å². The first-order valence-electron chi connectivity index (χ1n) is 10.2. The predicted molar refractivity (Wildman–Crippen MR) is 100 cm³/mol. The van der Waals surface area contributed by atoms with Gasteiger partial charge in [0.25, 0.3) is 0 Å². The molecule has 3 saturated carbocycles. The van der Waals surface area contributed by atoms with Gasteiger partial charge in [-0.15, -0.1) is 0 Å². The van der Waals surface area contributed by atoms with Crippen molar-refractivity contribution in [3.8, 4) is 0 Å². The van der Waals surface area contributed by atoms with Crippen molar-refractivity contribution in [1.82, 2.24) is 0 Å². The molecule has 28 heavy (non-hydrogen) atoms. The van der Waals surface area contributed by atoms with Gasteiger partial charge in [-0.05, 0) is 74.0 Å². The van der Waals surface area contributed by atoms with Gasteiger partial charge in [0, 0.05) is 17.9 Å². The van der Waals surface area contributed by atoms with Crippen LogP contribution in [0.2, 0.25) is 0 Å². The molecule has 0 saturated heterocycles. The maximum Gasteiger partial charge on any atom is 3.00 e. The molecule has 3 aliphatic carbocycles. The summed E-state index contributed by atoms with van der Waals surface area (Å²) in [5, 5.41) is 30.7. The van der Waals surface area contributed by atoms with Gasteiger partial charge in [-0.25, -0.2) is 0 Å². The average Bonchev–Trinajstić information content (AvgIpc) is 3.30. The fraction of sp³-hybridized carbons (Fsp3) is 0.857. The molecule has 3 aliphatic rings. The van der Waals surface area contributed by atoms with Crippen molar-refractivity contribution < 1.29 is 29.7 Å². The van der Waals surface area contributed by atoms with Gasteiger partial charge in [-0.1, -0.05) is 40.0 Å². The van der Waals surface area contributed by atoms with E-state index in [2.05, 4.69) is 20.8 Å². The fourth-order valence-electron chi connectivity index (χ4n) is 4.26. The molecule has 6 unspecified atom stereocenters. The normalized spacial score (nSPS) is 33.5. The molecule has 0 heterocycles. The molecule has 156 valence electrons. The number of carbonyl (C=O) groups excluding carboxylic acids is 3. The monoisotopic (exact) mass is 408 g/mol. The Hall–Kier alpha value is -1.06. The first kappa shape index (κ1) is 26.9. The van der Waals surface area contributed by atoms with Crippen LogP contribution in [0, 0.1) is 35.5 Å². The Morgan fingerprint density at radius 2 is 0.750 bits per heavy atom. The van der Waals surface area contributed by atoms with Gasteiger partial charge < -0.3 is 29.7 Å². The Bertz CT molecular complexity index is 438. The Kier molecular flexibility index (Phi) is 12.7. The molecule has 3 fully saturated rings. The van der Waals surface area contributed by atoms with Crippen molar-refractivity contribution in [1.29, 1.82) is 0 Å². The van der Waals surface area contributed by atoms with E-state index in [-0.39, 0.29) is 35.1 Å². The molecule has 0 aliphatic heterocycles. The van der Waals surface area contributed by atoms with Gasteiger partial charge in [0.2, 0.25) is 0 Å². The molecule has 6 atom stereocenters. The number of aliphatic carboxylic acids is 3. The van der Waals surface area contributed by atoms with Crippen LogP contribution in [0.15, 0.2) is 0 Å². The summed E-state index contributed by atoms with van der Waals surface area (Å²) in [4.78, 5) is 30.7. The minimum absolute atomic E-state index is 0. The Labute approximate surface area is 179 Å². The quantitative estimate of drug-likeness (QED) is 0.613. The summed E-state index contributed by atoms with van der Waals surface area (Å²) in [5.74, 6) is -1.27. The first-order valence-corrected chi connectivity index (χ1v) is 10.2. The maximum absolute atomic E-state index is 10.2. The van der Waals surface area contributed by atoms with E-state index in [1.807, 2.05) is 0 Å². The summed E-state index contributed by atoms with van der Waals surface area (Å²) >= 11 is 0. The molecule has 0 aromatic carbocycles. The van der Waals surface area contributed by atoms with Crippen LogP contribution in [-0.2, 0) is 14.4 Å². The van der Waals surface area contributed by atoms with E-state index < -0.39 is 17.9 Å². The molecule has 0 aromatic heterocycles. The molecular weight excluding hydrogens is 375 g/mol. The number of hydrogen-bond acceptors (Lipinski definition) is 6. The van der Waals surface area contributed by atoms with Crippen molar-refractivity contribution in [2.45, 2.75) is 78.6 Å². The summed E-state index contributed by atoms with van der Waals surface area (Å²) in [6, 6.07) is 0. The largest absolute Gasteiger partial charge is 3.00 e. The van der Waals surface area contributed by atoms with E-state index in [0.29, 0.717) is 17.8 Å². The fourth-order valence-corrected chi connectivity index (χ4v) is 4.26. The number of rotatable bonds is 3. The molecule has 0 N–H and O–H groups in total. The summed E-state index contributed by atoms with van der Waals surface area (Å²) in [7, 11) is 0. The average molecular weight is 408 g/mol. The van der Waals surface area contributed by atoms with Crippen LogP contribution in [0.25, 0.3) is 0 Å². The molecule has 0 amide bonds. The second kappa shape index (κ2) is 13.2. The molecule has 7 heteroatoms.